The van der Waals surface area contributed by atoms with Crippen LogP contribution >= 0.6 is 0 Å². The molecule has 0 radical (unpaired) electrons. The maximum atomic E-state index is 12.3. The SMILES string of the molecule is CCCc1cc(-c2nc(C3CC(=O)N(c4ccccc4)C3)no2)n[nH]1. The van der Waals surface area contributed by atoms with E-state index in [4.69, 9.17) is 4.52 Å². The van der Waals surface area contributed by atoms with Crippen molar-refractivity contribution in [1.82, 2.24) is 20.3 Å². The molecule has 3 aromatic rings. The van der Waals surface area contributed by atoms with Crippen LogP contribution in [0, 0.1) is 0 Å². The van der Waals surface area contributed by atoms with E-state index in [2.05, 4.69) is 27.3 Å². The molecule has 7 heteroatoms. The van der Waals surface area contributed by atoms with Crippen molar-refractivity contribution in [2.24, 2.45) is 0 Å². The Kier molecular flexibility index (Phi) is 4.05. The van der Waals surface area contributed by atoms with E-state index < -0.39 is 0 Å². The van der Waals surface area contributed by atoms with Gasteiger partial charge in [0.2, 0.25) is 5.91 Å². The highest BCUT2D eigenvalue weighted by atomic mass is 16.5. The number of carbonyl (C=O) groups is 1. The average Bonchev–Trinajstić information content (AvgIpc) is 3.35. The van der Waals surface area contributed by atoms with E-state index in [1.165, 1.54) is 0 Å². The minimum atomic E-state index is -0.0701. The lowest BCUT2D eigenvalue weighted by Gasteiger charge is -2.15. The number of rotatable bonds is 5. The number of benzene rings is 1. The predicted molar refractivity (Wildman–Crippen MR) is 92.0 cm³/mol. The summed E-state index contributed by atoms with van der Waals surface area (Å²) in [5, 5.41) is 11.3. The van der Waals surface area contributed by atoms with Crippen LogP contribution in [0.1, 0.15) is 37.2 Å². The number of hydrogen-bond acceptors (Lipinski definition) is 5. The first-order chi connectivity index (χ1) is 12.2. The number of amides is 1. The van der Waals surface area contributed by atoms with Crippen molar-refractivity contribution in [3.8, 4) is 11.6 Å². The Morgan fingerprint density at radius 3 is 2.96 bits per heavy atom. The first-order valence-electron chi connectivity index (χ1n) is 8.48. The van der Waals surface area contributed by atoms with Gasteiger partial charge in [0.1, 0.15) is 0 Å². The van der Waals surface area contributed by atoms with Gasteiger partial charge in [0.15, 0.2) is 11.5 Å². The number of carbonyl (C=O) groups excluding carboxylic acids is 1. The Bertz CT molecular complexity index is 870. The minimum Gasteiger partial charge on any atom is -0.332 e. The summed E-state index contributed by atoms with van der Waals surface area (Å²) in [7, 11) is 0. The van der Waals surface area contributed by atoms with Crippen LogP contribution in [-0.2, 0) is 11.2 Å². The van der Waals surface area contributed by atoms with Crippen LogP contribution < -0.4 is 4.90 Å². The second-order valence-corrected chi connectivity index (χ2v) is 6.23. The van der Waals surface area contributed by atoms with Gasteiger partial charge < -0.3 is 9.42 Å². The third-order valence-electron chi connectivity index (χ3n) is 4.37. The lowest BCUT2D eigenvalue weighted by molar-refractivity contribution is -0.117. The highest BCUT2D eigenvalue weighted by molar-refractivity contribution is 5.96. The molecular weight excluding hydrogens is 318 g/mol. The fourth-order valence-electron chi connectivity index (χ4n) is 3.11. The summed E-state index contributed by atoms with van der Waals surface area (Å²) in [5.74, 6) is 0.952. The van der Waals surface area contributed by atoms with Gasteiger partial charge in [-0.1, -0.05) is 36.7 Å². The monoisotopic (exact) mass is 337 g/mol. The van der Waals surface area contributed by atoms with E-state index in [0.29, 0.717) is 30.4 Å². The number of aromatic amines is 1. The first-order valence-corrected chi connectivity index (χ1v) is 8.48. The summed E-state index contributed by atoms with van der Waals surface area (Å²) < 4.78 is 5.36. The molecule has 1 aromatic carbocycles. The van der Waals surface area contributed by atoms with E-state index in [-0.39, 0.29) is 11.8 Å². The Morgan fingerprint density at radius 1 is 1.32 bits per heavy atom. The van der Waals surface area contributed by atoms with Crippen LogP contribution in [0.5, 0.6) is 0 Å². The molecule has 1 aliphatic heterocycles. The molecule has 1 amide bonds. The molecule has 1 unspecified atom stereocenters. The van der Waals surface area contributed by atoms with Gasteiger partial charge >= 0.3 is 0 Å². The van der Waals surface area contributed by atoms with E-state index >= 15 is 0 Å². The normalized spacial score (nSPS) is 17.4. The molecule has 0 saturated carbocycles. The average molecular weight is 337 g/mol. The third-order valence-corrected chi connectivity index (χ3v) is 4.37. The van der Waals surface area contributed by atoms with Crippen LogP contribution in [0.3, 0.4) is 0 Å². The van der Waals surface area contributed by atoms with E-state index in [1.807, 2.05) is 36.4 Å². The fourth-order valence-corrected chi connectivity index (χ4v) is 3.11. The smallest absolute Gasteiger partial charge is 0.278 e. The molecule has 1 aliphatic rings. The zero-order valence-electron chi connectivity index (χ0n) is 14.0. The molecule has 2 aromatic heterocycles. The molecule has 0 bridgehead atoms. The number of aromatic nitrogens is 4. The van der Waals surface area contributed by atoms with E-state index in [0.717, 1.165) is 24.2 Å². The van der Waals surface area contributed by atoms with Crippen molar-refractivity contribution in [2.75, 3.05) is 11.4 Å². The molecule has 1 saturated heterocycles. The molecule has 3 heterocycles. The Morgan fingerprint density at radius 2 is 2.16 bits per heavy atom. The maximum absolute atomic E-state index is 12.3. The van der Waals surface area contributed by atoms with Gasteiger partial charge in [0.25, 0.3) is 5.89 Å². The summed E-state index contributed by atoms with van der Waals surface area (Å²) in [4.78, 5) is 18.6. The van der Waals surface area contributed by atoms with Crippen LogP contribution in [0.15, 0.2) is 40.9 Å². The van der Waals surface area contributed by atoms with Gasteiger partial charge in [0, 0.05) is 30.3 Å². The molecule has 1 N–H and O–H groups in total. The summed E-state index contributed by atoms with van der Waals surface area (Å²) in [6.45, 7) is 2.67. The van der Waals surface area contributed by atoms with Crippen LogP contribution in [0.25, 0.3) is 11.6 Å². The van der Waals surface area contributed by atoms with Gasteiger partial charge in [-0.2, -0.15) is 10.1 Å². The molecule has 4 rings (SSSR count). The summed E-state index contributed by atoms with van der Waals surface area (Å²) >= 11 is 0. The molecule has 25 heavy (non-hydrogen) atoms. The molecule has 1 atom stereocenters. The number of para-hydroxylation sites is 1. The Balaban J connectivity index is 1.51. The van der Waals surface area contributed by atoms with Crippen LogP contribution in [0.2, 0.25) is 0 Å². The highest BCUT2D eigenvalue weighted by Gasteiger charge is 2.34. The predicted octanol–water partition coefficient (Wildman–Crippen LogP) is 2.93. The molecule has 0 aliphatic carbocycles. The van der Waals surface area contributed by atoms with Crippen molar-refractivity contribution < 1.29 is 9.32 Å². The number of H-pyrrole nitrogens is 1. The Labute approximate surface area is 145 Å². The van der Waals surface area contributed by atoms with Crippen molar-refractivity contribution in [3.63, 3.8) is 0 Å². The third kappa shape index (κ3) is 3.05. The second-order valence-electron chi connectivity index (χ2n) is 6.23. The van der Waals surface area contributed by atoms with Gasteiger partial charge in [-0.25, -0.2) is 0 Å². The molecule has 0 spiro atoms. The van der Waals surface area contributed by atoms with Gasteiger partial charge in [-0.15, -0.1) is 0 Å². The summed E-state index contributed by atoms with van der Waals surface area (Å²) in [6.07, 6.45) is 2.35. The van der Waals surface area contributed by atoms with Gasteiger partial charge in [-0.3, -0.25) is 9.89 Å². The number of aryl methyl sites for hydroxylation is 1. The van der Waals surface area contributed by atoms with Gasteiger partial charge in [-0.05, 0) is 24.6 Å². The maximum Gasteiger partial charge on any atom is 0.278 e. The number of nitrogens with zero attached hydrogens (tertiary/aromatic N) is 4. The van der Waals surface area contributed by atoms with Crippen LogP contribution in [0.4, 0.5) is 5.69 Å². The minimum absolute atomic E-state index is 0.0701. The zero-order valence-corrected chi connectivity index (χ0v) is 14.0. The number of nitrogens with one attached hydrogen (secondary N) is 1. The highest BCUT2D eigenvalue weighted by Crippen LogP contribution is 2.31. The second kappa shape index (κ2) is 6.51. The first kappa shape index (κ1) is 15.6. The fraction of sp³-hybridized carbons (Fsp3) is 0.333. The standard InChI is InChI=1S/C18H19N5O2/c1-2-6-13-10-15(21-20-13)18-19-17(22-25-18)12-9-16(24)23(11-12)14-7-4-3-5-8-14/h3-5,7-8,10,12H,2,6,9,11H2,1H3,(H,20,21). The molecular formula is C18H19N5O2. The summed E-state index contributed by atoms with van der Waals surface area (Å²) in [6, 6.07) is 11.6. The molecule has 1 fully saturated rings. The zero-order chi connectivity index (χ0) is 17.2. The van der Waals surface area contributed by atoms with Crippen molar-refractivity contribution >= 4 is 11.6 Å². The lowest BCUT2D eigenvalue weighted by atomic mass is 10.1. The van der Waals surface area contributed by atoms with Crippen molar-refractivity contribution in [2.45, 2.75) is 32.1 Å². The van der Waals surface area contributed by atoms with Crippen molar-refractivity contribution in [3.05, 3.63) is 47.9 Å². The largest absolute Gasteiger partial charge is 0.332 e. The number of anilines is 1. The molecule has 128 valence electrons. The van der Waals surface area contributed by atoms with Gasteiger partial charge in [0.05, 0.1) is 0 Å². The lowest BCUT2D eigenvalue weighted by Crippen LogP contribution is -2.24. The quantitative estimate of drug-likeness (QED) is 0.773. The van der Waals surface area contributed by atoms with Crippen LogP contribution in [-0.4, -0.2) is 32.8 Å². The Hall–Kier alpha value is -2.96. The van der Waals surface area contributed by atoms with E-state index in [1.54, 1.807) is 4.90 Å². The number of hydrogen-bond donors (Lipinski definition) is 1. The topological polar surface area (TPSA) is 87.9 Å². The molecule has 7 nitrogen and oxygen atoms in total. The van der Waals surface area contributed by atoms with Crippen molar-refractivity contribution in [1.29, 1.82) is 0 Å². The van der Waals surface area contributed by atoms with E-state index in [9.17, 15) is 4.79 Å². The summed E-state index contributed by atoms with van der Waals surface area (Å²) in [5.41, 5.74) is 2.59.